The molecule has 2 atom stereocenters. The van der Waals surface area contributed by atoms with Gasteiger partial charge in [0.05, 0.1) is 6.20 Å². The number of hydrogen-bond acceptors (Lipinski definition) is 4. The summed E-state index contributed by atoms with van der Waals surface area (Å²) >= 11 is 0. The van der Waals surface area contributed by atoms with Crippen molar-refractivity contribution >= 4 is 17.2 Å². The Bertz CT molecular complexity index is 1100. The zero-order chi connectivity index (χ0) is 21.0. The lowest BCUT2D eigenvalue weighted by atomic mass is 9.63. The Hall–Kier alpha value is -2.88. The predicted molar refractivity (Wildman–Crippen MR) is 124 cm³/mol. The summed E-state index contributed by atoms with van der Waals surface area (Å²) in [6.45, 7) is 9.21. The third kappa shape index (κ3) is 2.39. The van der Waals surface area contributed by atoms with Gasteiger partial charge in [-0.1, -0.05) is 63.2 Å². The van der Waals surface area contributed by atoms with Gasteiger partial charge in [0.15, 0.2) is 11.6 Å². The quantitative estimate of drug-likeness (QED) is 0.536. The van der Waals surface area contributed by atoms with E-state index >= 15 is 0 Å². The van der Waals surface area contributed by atoms with E-state index in [0.717, 1.165) is 35.7 Å². The van der Waals surface area contributed by atoms with Crippen molar-refractivity contribution in [3.05, 3.63) is 65.9 Å². The van der Waals surface area contributed by atoms with Crippen molar-refractivity contribution in [1.82, 2.24) is 9.97 Å². The van der Waals surface area contributed by atoms with E-state index in [0.29, 0.717) is 5.92 Å². The number of aryl methyl sites for hydroxylation is 1. The lowest BCUT2D eigenvalue weighted by molar-refractivity contribution is 0.216. The molecule has 2 aromatic carbocycles. The molecule has 4 heteroatoms. The number of benzene rings is 2. The summed E-state index contributed by atoms with van der Waals surface area (Å²) in [5, 5.41) is 0. The van der Waals surface area contributed by atoms with Gasteiger partial charge in [-0.05, 0) is 37.0 Å². The standard InChI is InChI=1S/C26H30N4/c1-6-26(7-2)18(4)25-29(5)22-16-27-23(19-13-9-8-12-17(19)3)28-24(22)30(25)21-15-11-10-14-20(21)26/h8-16,18,25H,6-7H2,1-5H3. The first-order valence-electron chi connectivity index (χ1n) is 11.1. The number of hydrogen-bond donors (Lipinski definition) is 0. The second-order valence-electron chi connectivity index (χ2n) is 8.78. The summed E-state index contributed by atoms with van der Waals surface area (Å²) in [6, 6.07) is 17.3. The van der Waals surface area contributed by atoms with Crippen LogP contribution in [0, 0.1) is 12.8 Å². The highest BCUT2D eigenvalue weighted by atomic mass is 15.4. The molecule has 5 rings (SSSR count). The fourth-order valence-corrected chi connectivity index (χ4v) is 5.91. The van der Waals surface area contributed by atoms with Gasteiger partial charge in [-0.2, -0.15) is 0 Å². The van der Waals surface area contributed by atoms with Crippen LogP contribution >= 0.6 is 0 Å². The van der Waals surface area contributed by atoms with Crippen LogP contribution in [0.15, 0.2) is 54.7 Å². The van der Waals surface area contributed by atoms with Crippen molar-refractivity contribution in [1.29, 1.82) is 0 Å². The molecule has 0 N–H and O–H groups in total. The molecule has 0 fully saturated rings. The third-order valence-electron chi connectivity index (χ3n) is 7.69. The summed E-state index contributed by atoms with van der Waals surface area (Å²) in [6.07, 6.45) is 4.53. The maximum Gasteiger partial charge on any atom is 0.162 e. The Morgan fingerprint density at radius 3 is 2.40 bits per heavy atom. The Morgan fingerprint density at radius 2 is 1.67 bits per heavy atom. The highest BCUT2D eigenvalue weighted by Gasteiger charge is 2.52. The topological polar surface area (TPSA) is 32.3 Å². The van der Waals surface area contributed by atoms with Gasteiger partial charge in [-0.25, -0.2) is 9.97 Å². The molecular weight excluding hydrogens is 368 g/mol. The fourth-order valence-electron chi connectivity index (χ4n) is 5.91. The van der Waals surface area contributed by atoms with E-state index in [2.05, 4.69) is 93.1 Å². The van der Waals surface area contributed by atoms with Crippen molar-refractivity contribution in [2.45, 2.75) is 52.1 Å². The van der Waals surface area contributed by atoms with Gasteiger partial charge in [0.2, 0.25) is 0 Å². The average molecular weight is 399 g/mol. The highest BCUT2D eigenvalue weighted by molar-refractivity contribution is 5.84. The number of fused-ring (bicyclic) bond motifs is 5. The lowest BCUT2D eigenvalue weighted by Crippen LogP contribution is -2.55. The molecule has 0 bridgehead atoms. The van der Waals surface area contributed by atoms with Crippen LogP contribution < -0.4 is 9.80 Å². The maximum atomic E-state index is 5.13. The number of rotatable bonds is 3. The Labute approximate surface area is 179 Å². The molecular formula is C26H30N4. The normalized spacial score (nSPS) is 21.2. The average Bonchev–Trinajstić information content (AvgIpc) is 3.07. The molecule has 0 amide bonds. The zero-order valence-corrected chi connectivity index (χ0v) is 18.6. The monoisotopic (exact) mass is 398 g/mol. The molecule has 0 spiro atoms. The largest absolute Gasteiger partial charge is 0.349 e. The molecule has 0 saturated heterocycles. The number of para-hydroxylation sites is 1. The van der Waals surface area contributed by atoms with E-state index in [1.165, 1.54) is 16.8 Å². The Balaban J connectivity index is 1.73. The second kappa shape index (κ2) is 6.83. The van der Waals surface area contributed by atoms with Gasteiger partial charge in [0.1, 0.15) is 11.9 Å². The predicted octanol–water partition coefficient (Wildman–Crippen LogP) is 6.07. The van der Waals surface area contributed by atoms with Crippen molar-refractivity contribution in [2.24, 2.45) is 5.92 Å². The first kappa shape index (κ1) is 19.1. The summed E-state index contributed by atoms with van der Waals surface area (Å²) in [5.41, 5.74) is 6.33. The summed E-state index contributed by atoms with van der Waals surface area (Å²) < 4.78 is 0. The van der Waals surface area contributed by atoms with E-state index in [-0.39, 0.29) is 11.6 Å². The van der Waals surface area contributed by atoms with Gasteiger partial charge in [0.25, 0.3) is 0 Å². The molecule has 2 aliphatic rings. The van der Waals surface area contributed by atoms with Crippen molar-refractivity contribution < 1.29 is 0 Å². The van der Waals surface area contributed by atoms with Crippen LogP contribution in [0.4, 0.5) is 17.2 Å². The molecule has 154 valence electrons. The van der Waals surface area contributed by atoms with Gasteiger partial charge in [-0.3, -0.25) is 0 Å². The molecule has 3 aromatic rings. The van der Waals surface area contributed by atoms with E-state index < -0.39 is 0 Å². The minimum atomic E-state index is 0.167. The molecule has 30 heavy (non-hydrogen) atoms. The van der Waals surface area contributed by atoms with E-state index in [4.69, 9.17) is 9.97 Å². The van der Waals surface area contributed by atoms with Crippen LogP contribution in [-0.4, -0.2) is 23.2 Å². The van der Waals surface area contributed by atoms with Crippen LogP contribution in [0.5, 0.6) is 0 Å². The molecule has 4 nitrogen and oxygen atoms in total. The van der Waals surface area contributed by atoms with Crippen LogP contribution in [0.2, 0.25) is 0 Å². The van der Waals surface area contributed by atoms with Gasteiger partial charge < -0.3 is 9.80 Å². The lowest BCUT2D eigenvalue weighted by Gasteiger charge is -2.51. The fraction of sp³-hybridized carbons (Fsp3) is 0.385. The molecule has 3 heterocycles. The highest BCUT2D eigenvalue weighted by Crippen LogP contribution is 2.57. The van der Waals surface area contributed by atoms with Gasteiger partial charge in [0, 0.05) is 29.6 Å². The number of nitrogens with zero attached hydrogens (tertiary/aromatic N) is 4. The Morgan fingerprint density at radius 1 is 0.967 bits per heavy atom. The SMILES string of the molecule is CCC1(CC)c2ccccc2N2c3nc(-c4ccccc4C)ncc3N(C)C2C1C. The van der Waals surface area contributed by atoms with E-state index in [1.807, 2.05) is 6.20 Å². The first-order valence-corrected chi connectivity index (χ1v) is 11.1. The zero-order valence-electron chi connectivity index (χ0n) is 18.6. The minimum Gasteiger partial charge on any atom is -0.349 e. The van der Waals surface area contributed by atoms with Crippen molar-refractivity contribution in [3.8, 4) is 11.4 Å². The van der Waals surface area contributed by atoms with Crippen LogP contribution in [0.25, 0.3) is 11.4 Å². The van der Waals surface area contributed by atoms with Crippen molar-refractivity contribution in [2.75, 3.05) is 16.8 Å². The van der Waals surface area contributed by atoms with Crippen LogP contribution in [0.1, 0.15) is 44.7 Å². The number of aromatic nitrogens is 2. The van der Waals surface area contributed by atoms with Crippen LogP contribution in [0.3, 0.4) is 0 Å². The number of anilines is 3. The Kier molecular flexibility index (Phi) is 4.35. The van der Waals surface area contributed by atoms with E-state index in [1.54, 1.807) is 0 Å². The molecule has 0 radical (unpaired) electrons. The first-order chi connectivity index (χ1) is 14.5. The van der Waals surface area contributed by atoms with Gasteiger partial charge >= 0.3 is 0 Å². The third-order valence-corrected chi connectivity index (χ3v) is 7.69. The molecule has 2 unspecified atom stereocenters. The maximum absolute atomic E-state index is 5.13. The molecule has 0 aliphatic carbocycles. The molecule has 0 saturated carbocycles. The summed E-state index contributed by atoms with van der Waals surface area (Å²) in [5.74, 6) is 2.29. The second-order valence-corrected chi connectivity index (χ2v) is 8.78. The summed E-state index contributed by atoms with van der Waals surface area (Å²) in [7, 11) is 2.20. The molecule has 1 aromatic heterocycles. The molecule has 2 aliphatic heterocycles. The van der Waals surface area contributed by atoms with Crippen molar-refractivity contribution in [3.63, 3.8) is 0 Å². The van der Waals surface area contributed by atoms with Crippen LogP contribution in [-0.2, 0) is 5.41 Å². The van der Waals surface area contributed by atoms with Gasteiger partial charge in [-0.15, -0.1) is 0 Å². The summed E-state index contributed by atoms with van der Waals surface area (Å²) in [4.78, 5) is 14.7. The smallest absolute Gasteiger partial charge is 0.162 e. The minimum absolute atomic E-state index is 0.167. The van der Waals surface area contributed by atoms with E-state index in [9.17, 15) is 0 Å².